The number of fused-ring (bicyclic) bond motifs is 9. The number of rotatable bonds is 6. The molecule has 0 N–H and O–H groups in total. The van der Waals surface area contributed by atoms with E-state index in [-0.39, 0.29) is 0 Å². The van der Waals surface area contributed by atoms with Gasteiger partial charge in [0.05, 0.1) is 16.6 Å². The summed E-state index contributed by atoms with van der Waals surface area (Å²) in [7, 11) is 0. The summed E-state index contributed by atoms with van der Waals surface area (Å²) >= 11 is 0. The fourth-order valence-corrected chi connectivity index (χ4v) is 8.93. The first-order valence-corrected chi connectivity index (χ1v) is 20.8. The van der Waals surface area contributed by atoms with Crippen LogP contribution in [0, 0.1) is 0 Å². The third kappa shape index (κ3) is 5.66. The molecule has 0 radical (unpaired) electrons. The lowest BCUT2D eigenvalue weighted by Gasteiger charge is -2.11. The Morgan fingerprint density at radius 1 is 0.333 bits per heavy atom. The van der Waals surface area contributed by atoms with E-state index >= 15 is 0 Å². The summed E-state index contributed by atoms with van der Waals surface area (Å²) < 4.78 is 15.4. The van der Waals surface area contributed by atoms with Crippen LogP contribution >= 0.6 is 0 Å². The molecule has 0 aliphatic rings. The first kappa shape index (κ1) is 35.0. The monoisotopic (exact) mass is 808 g/mol. The SMILES string of the molecule is c1ccc(-c2ccc3c(c2)c2ccccc2n3-c2nc(-c3ccccc3)nc(-c3ccc4c(c3)oc3c(-c5nc(-c6ccccc6)c6oc7ccccc7c6n5)cccc34)n2)cc1. The second-order valence-corrected chi connectivity index (χ2v) is 15.6. The van der Waals surface area contributed by atoms with Crippen molar-refractivity contribution in [1.29, 1.82) is 0 Å². The third-order valence-corrected chi connectivity index (χ3v) is 11.9. The highest BCUT2D eigenvalue weighted by molar-refractivity contribution is 6.12. The number of hydrogen-bond donors (Lipinski definition) is 0. The molecule has 294 valence electrons. The highest BCUT2D eigenvalue weighted by Gasteiger charge is 2.23. The first-order valence-electron chi connectivity index (χ1n) is 20.8. The lowest BCUT2D eigenvalue weighted by molar-refractivity contribution is 0.666. The van der Waals surface area contributed by atoms with Crippen LogP contribution in [0.1, 0.15) is 0 Å². The fraction of sp³-hybridized carbons (Fsp3) is 0. The van der Waals surface area contributed by atoms with Crippen molar-refractivity contribution in [1.82, 2.24) is 29.5 Å². The molecule has 5 heterocycles. The van der Waals surface area contributed by atoms with Gasteiger partial charge in [-0.25, -0.2) is 15.0 Å². The zero-order chi connectivity index (χ0) is 41.4. The van der Waals surface area contributed by atoms with Crippen molar-refractivity contribution in [2.45, 2.75) is 0 Å². The molecule has 8 nitrogen and oxygen atoms in total. The molecular formula is C55H32N6O2. The van der Waals surface area contributed by atoms with Gasteiger partial charge < -0.3 is 8.83 Å². The number of benzene rings is 8. The minimum absolute atomic E-state index is 0.526. The van der Waals surface area contributed by atoms with Gasteiger partial charge in [-0.2, -0.15) is 9.97 Å². The van der Waals surface area contributed by atoms with Gasteiger partial charge in [0.1, 0.15) is 28.0 Å². The second kappa shape index (κ2) is 13.9. The maximum atomic E-state index is 6.83. The van der Waals surface area contributed by atoms with Gasteiger partial charge in [-0.1, -0.05) is 146 Å². The predicted octanol–water partition coefficient (Wildman–Crippen LogP) is 13.9. The zero-order valence-corrected chi connectivity index (χ0v) is 33.5. The Hall–Kier alpha value is -8.75. The van der Waals surface area contributed by atoms with Gasteiger partial charge >= 0.3 is 0 Å². The molecule has 0 atom stereocenters. The van der Waals surface area contributed by atoms with Crippen LogP contribution in [-0.4, -0.2) is 29.5 Å². The van der Waals surface area contributed by atoms with E-state index in [4.69, 9.17) is 33.8 Å². The summed E-state index contributed by atoms with van der Waals surface area (Å²) in [5, 5.41) is 5.09. The Balaban J connectivity index is 0.989. The molecule has 0 amide bonds. The average Bonchev–Trinajstić information content (AvgIpc) is 4.03. The number of furan rings is 2. The van der Waals surface area contributed by atoms with E-state index < -0.39 is 0 Å². The Kier molecular flexibility index (Phi) is 7.74. The van der Waals surface area contributed by atoms with E-state index in [1.165, 1.54) is 0 Å². The van der Waals surface area contributed by atoms with Gasteiger partial charge in [0.2, 0.25) is 5.95 Å². The molecule has 8 heteroatoms. The molecule has 0 bridgehead atoms. The van der Waals surface area contributed by atoms with Crippen LogP contribution in [0.5, 0.6) is 0 Å². The van der Waals surface area contributed by atoms with Gasteiger partial charge in [-0.3, -0.25) is 4.57 Å². The maximum absolute atomic E-state index is 6.83. The fourth-order valence-electron chi connectivity index (χ4n) is 8.93. The highest BCUT2D eigenvalue weighted by Crippen LogP contribution is 2.41. The molecule has 0 saturated heterocycles. The molecule has 0 fully saturated rings. The highest BCUT2D eigenvalue weighted by atomic mass is 16.3. The van der Waals surface area contributed by atoms with Crippen molar-refractivity contribution in [3.05, 3.63) is 194 Å². The van der Waals surface area contributed by atoms with Gasteiger partial charge in [0, 0.05) is 43.6 Å². The van der Waals surface area contributed by atoms with Gasteiger partial charge in [-0.05, 0) is 59.7 Å². The van der Waals surface area contributed by atoms with E-state index in [9.17, 15) is 0 Å². The summed E-state index contributed by atoms with van der Waals surface area (Å²) in [4.78, 5) is 25.8. The predicted molar refractivity (Wildman–Crippen MR) is 251 cm³/mol. The molecule has 0 aliphatic carbocycles. The van der Waals surface area contributed by atoms with Crippen molar-refractivity contribution < 1.29 is 8.83 Å². The van der Waals surface area contributed by atoms with Crippen molar-refractivity contribution in [3.8, 4) is 62.5 Å². The van der Waals surface area contributed by atoms with E-state index in [0.717, 1.165) is 88.1 Å². The van der Waals surface area contributed by atoms with Crippen molar-refractivity contribution in [3.63, 3.8) is 0 Å². The van der Waals surface area contributed by atoms with E-state index in [1.807, 2.05) is 109 Å². The summed E-state index contributed by atoms with van der Waals surface area (Å²) in [6.45, 7) is 0. The van der Waals surface area contributed by atoms with E-state index in [0.29, 0.717) is 40.2 Å². The number of aromatic nitrogens is 6. The van der Waals surface area contributed by atoms with Gasteiger partial charge in [-0.15, -0.1) is 0 Å². The van der Waals surface area contributed by atoms with Crippen molar-refractivity contribution in [2.24, 2.45) is 0 Å². The average molecular weight is 809 g/mol. The normalized spacial score (nSPS) is 11.8. The topological polar surface area (TPSA) is 95.7 Å². The standard InChI is InChI=1S/C55H32N6O2/c1-4-15-33(16-5-1)36-28-30-45-43(31-36)38-21-10-12-25-44(38)61(45)55-59-52(35-19-8-3-9-20-35)58-53(60-55)37-27-29-39-40-23-14-24-42(50(40)63-47(39)32-37)54-56-48(34-17-6-2-7-18-34)51-49(57-54)41-22-11-13-26-46(41)62-51/h1-32H. The number of hydrogen-bond acceptors (Lipinski definition) is 7. The number of para-hydroxylation sites is 3. The zero-order valence-electron chi connectivity index (χ0n) is 33.5. The van der Waals surface area contributed by atoms with Crippen molar-refractivity contribution >= 4 is 65.8 Å². The smallest absolute Gasteiger partial charge is 0.238 e. The summed E-state index contributed by atoms with van der Waals surface area (Å²) in [6.07, 6.45) is 0. The van der Waals surface area contributed by atoms with Crippen LogP contribution in [0.3, 0.4) is 0 Å². The van der Waals surface area contributed by atoms with Crippen molar-refractivity contribution in [2.75, 3.05) is 0 Å². The van der Waals surface area contributed by atoms with E-state index in [1.54, 1.807) is 0 Å². The Bertz CT molecular complexity index is 3910. The largest absolute Gasteiger partial charge is 0.455 e. The molecule has 8 aromatic carbocycles. The molecule has 13 aromatic rings. The van der Waals surface area contributed by atoms with Gasteiger partial charge in [0.25, 0.3) is 0 Å². The van der Waals surface area contributed by atoms with Gasteiger partial charge in [0.15, 0.2) is 23.1 Å². The maximum Gasteiger partial charge on any atom is 0.238 e. The molecule has 13 rings (SSSR count). The Morgan fingerprint density at radius 3 is 1.78 bits per heavy atom. The number of nitrogens with zero attached hydrogens (tertiary/aromatic N) is 6. The Labute approximate surface area is 359 Å². The Morgan fingerprint density at radius 2 is 0.968 bits per heavy atom. The molecule has 63 heavy (non-hydrogen) atoms. The van der Waals surface area contributed by atoms with E-state index in [2.05, 4.69) is 89.5 Å². The van der Waals surface area contributed by atoms with Crippen LogP contribution in [0.2, 0.25) is 0 Å². The molecule has 0 spiro atoms. The molecule has 5 aromatic heterocycles. The summed E-state index contributed by atoms with van der Waals surface area (Å²) in [6, 6.07) is 65.9. The third-order valence-electron chi connectivity index (χ3n) is 11.9. The molecule has 0 saturated carbocycles. The van der Waals surface area contributed by atoms with Crippen LogP contribution in [0.25, 0.3) is 128 Å². The second-order valence-electron chi connectivity index (χ2n) is 15.6. The summed E-state index contributed by atoms with van der Waals surface area (Å²) in [5.74, 6) is 2.18. The minimum Gasteiger partial charge on any atom is -0.455 e. The lowest BCUT2D eigenvalue weighted by atomic mass is 10.0. The summed E-state index contributed by atoms with van der Waals surface area (Å²) in [5.41, 5.74) is 12.0. The quantitative estimate of drug-likeness (QED) is 0.165. The molecule has 0 unspecified atom stereocenters. The van der Waals surface area contributed by atoms with Crippen LogP contribution < -0.4 is 0 Å². The van der Waals surface area contributed by atoms with Crippen LogP contribution in [0.4, 0.5) is 0 Å². The minimum atomic E-state index is 0.526. The van der Waals surface area contributed by atoms with Crippen LogP contribution in [0.15, 0.2) is 203 Å². The molecule has 0 aliphatic heterocycles. The first-order chi connectivity index (χ1) is 31.2. The van der Waals surface area contributed by atoms with Crippen LogP contribution in [-0.2, 0) is 0 Å². The lowest BCUT2D eigenvalue weighted by Crippen LogP contribution is -2.06. The molecular weight excluding hydrogens is 777 g/mol.